The van der Waals surface area contributed by atoms with Crippen LogP contribution in [0, 0.1) is 13.8 Å². The maximum atomic E-state index is 12.6. The number of amides is 1. The summed E-state index contributed by atoms with van der Waals surface area (Å²) in [7, 11) is 0. The van der Waals surface area contributed by atoms with Crippen molar-refractivity contribution in [2.24, 2.45) is 10.3 Å². The summed E-state index contributed by atoms with van der Waals surface area (Å²) in [6.45, 7) is 5.24. The molecule has 30 heavy (non-hydrogen) atoms. The fourth-order valence-electron chi connectivity index (χ4n) is 2.71. The number of aryl methyl sites for hydroxylation is 2. The second-order valence-corrected chi connectivity index (χ2v) is 6.74. The van der Waals surface area contributed by atoms with Crippen LogP contribution in [0.15, 0.2) is 69.6 Å². The highest BCUT2D eigenvalue weighted by atomic mass is 16.6. The average molecular weight is 405 g/mol. The highest BCUT2D eigenvalue weighted by Gasteiger charge is 2.11. The van der Waals surface area contributed by atoms with Gasteiger partial charge >= 0.3 is 0 Å². The molecular weight excluding hydrogens is 382 g/mol. The quantitative estimate of drug-likeness (QED) is 0.467. The van der Waals surface area contributed by atoms with Gasteiger partial charge in [-0.25, -0.2) is 10.1 Å². The van der Waals surface area contributed by atoms with Crippen LogP contribution in [0.4, 0.5) is 0 Å². The third-order valence-corrected chi connectivity index (χ3v) is 4.38. The third-order valence-electron chi connectivity index (χ3n) is 4.38. The van der Waals surface area contributed by atoms with Gasteiger partial charge in [0.25, 0.3) is 11.5 Å². The lowest BCUT2D eigenvalue weighted by Gasteiger charge is -2.01. The minimum atomic E-state index is -0.483. The van der Waals surface area contributed by atoms with Gasteiger partial charge in [0.1, 0.15) is 0 Å². The van der Waals surface area contributed by atoms with Crippen molar-refractivity contribution in [1.82, 2.24) is 15.2 Å². The zero-order valence-electron chi connectivity index (χ0n) is 17.0. The molecule has 0 bridgehead atoms. The molecule has 3 rings (SSSR count). The van der Waals surface area contributed by atoms with Gasteiger partial charge in [-0.05, 0) is 38.5 Å². The third kappa shape index (κ3) is 5.11. The molecule has 154 valence electrons. The molecule has 1 aromatic heterocycles. The summed E-state index contributed by atoms with van der Waals surface area (Å²) in [6.07, 6.45) is 1.31. The summed E-state index contributed by atoms with van der Waals surface area (Å²) in [5.74, 6) is -0.483. The molecule has 1 amide bonds. The van der Waals surface area contributed by atoms with E-state index in [2.05, 4.69) is 20.8 Å². The molecule has 0 radical (unpaired) electrons. The molecule has 0 saturated heterocycles. The van der Waals surface area contributed by atoms with Gasteiger partial charge in [-0.1, -0.05) is 53.2 Å². The molecule has 8 heteroatoms. The van der Waals surface area contributed by atoms with Crippen LogP contribution in [-0.4, -0.2) is 34.2 Å². The largest absolute Gasteiger partial charge is 0.385 e. The Hall–Kier alpha value is -3.94. The molecule has 2 aromatic carbocycles. The lowest BCUT2D eigenvalue weighted by molar-refractivity contribution is -0.125. The van der Waals surface area contributed by atoms with Gasteiger partial charge < -0.3 is 4.84 Å². The number of hydrogen-bond acceptors (Lipinski definition) is 5. The molecule has 0 aliphatic heterocycles. The lowest BCUT2D eigenvalue weighted by Crippen LogP contribution is -2.23. The number of rotatable bonds is 7. The van der Waals surface area contributed by atoms with Crippen LogP contribution in [0.1, 0.15) is 29.3 Å². The van der Waals surface area contributed by atoms with Crippen molar-refractivity contribution in [3.8, 4) is 5.69 Å². The van der Waals surface area contributed by atoms with Crippen molar-refractivity contribution in [3.63, 3.8) is 0 Å². The van der Waals surface area contributed by atoms with E-state index < -0.39 is 5.91 Å². The molecule has 2 N–H and O–H groups in total. The van der Waals surface area contributed by atoms with Gasteiger partial charge in [0.15, 0.2) is 6.61 Å². The smallest absolute Gasteiger partial charge is 0.280 e. The van der Waals surface area contributed by atoms with Gasteiger partial charge in [-0.3, -0.25) is 14.7 Å². The summed E-state index contributed by atoms with van der Waals surface area (Å²) in [5, 5.41) is 10.8. The first-order valence-corrected chi connectivity index (χ1v) is 9.38. The van der Waals surface area contributed by atoms with E-state index in [1.807, 2.05) is 61.5 Å². The van der Waals surface area contributed by atoms with Crippen LogP contribution >= 0.6 is 0 Å². The highest BCUT2D eigenvalue weighted by molar-refractivity contribution is 5.98. The molecular formula is C22H23N5O3. The Kier molecular flexibility index (Phi) is 6.59. The number of hydrogen-bond donors (Lipinski definition) is 2. The molecule has 0 saturated carbocycles. The molecule has 0 fully saturated rings. The second kappa shape index (κ2) is 9.51. The Morgan fingerprint density at radius 1 is 1.13 bits per heavy atom. The number of oxime groups is 1. The first kappa shape index (κ1) is 20.8. The number of nitrogens with one attached hydrogen (secondary N) is 2. The Bertz CT molecular complexity index is 1130. The van der Waals surface area contributed by atoms with Gasteiger partial charge in [0, 0.05) is 5.69 Å². The van der Waals surface area contributed by atoms with E-state index in [9.17, 15) is 9.59 Å². The summed E-state index contributed by atoms with van der Waals surface area (Å²) in [4.78, 5) is 29.6. The van der Waals surface area contributed by atoms with Crippen LogP contribution in [0.2, 0.25) is 0 Å². The number of benzene rings is 2. The molecule has 3 aromatic rings. The van der Waals surface area contributed by atoms with Crippen molar-refractivity contribution in [2.75, 3.05) is 6.61 Å². The number of aromatic nitrogens is 2. The predicted octanol–water partition coefficient (Wildman–Crippen LogP) is 2.67. The van der Waals surface area contributed by atoms with Crippen molar-refractivity contribution >= 4 is 17.8 Å². The predicted molar refractivity (Wildman–Crippen MR) is 116 cm³/mol. The monoisotopic (exact) mass is 405 g/mol. The molecule has 0 atom stereocenters. The molecule has 0 aliphatic rings. The number of aromatic amines is 1. The second-order valence-electron chi connectivity index (χ2n) is 6.74. The van der Waals surface area contributed by atoms with Crippen molar-refractivity contribution < 1.29 is 9.63 Å². The average Bonchev–Trinajstić information content (AvgIpc) is 3.03. The van der Waals surface area contributed by atoms with E-state index in [4.69, 9.17) is 4.84 Å². The van der Waals surface area contributed by atoms with Crippen LogP contribution in [-0.2, 0) is 9.63 Å². The molecule has 0 aliphatic carbocycles. The maximum absolute atomic E-state index is 12.6. The normalized spacial score (nSPS) is 11.6. The zero-order valence-corrected chi connectivity index (χ0v) is 17.0. The number of H-pyrrole nitrogens is 1. The number of hydrazone groups is 1. The Morgan fingerprint density at radius 2 is 1.83 bits per heavy atom. The van der Waals surface area contributed by atoms with E-state index in [1.54, 1.807) is 13.8 Å². The van der Waals surface area contributed by atoms with E-state index >= 15 is 0 Å². The van der Waals surface area contributed by atoms with Crippen molar-refractivity contribution in [3.05, 3.63) is 87.3 Å². The summed E-state index contributed by atoms with van der Waals surface area (Å²) >= 11 is 0. The number of carbonyl (C=O) groups excluding carboxylic acids is 1. The Labute approximate surface area is 173 Å². The van der Waals surface area contributed by atoms with Crippen molar-refractivity contribution in [2.45, 2.75) is 20.8 Å². The first-order valence-electron chi connectivity index (χ1n) is 9.38. The van der Waals surface area contributed by atoms with Crippen molar-refractivity contribution in [1.29, 1.82) is 0 Å². The maximum Gasteiger partial charge on any atom is 0.280 e. The van der Waals surface area contributed by atoms with Gasteiger partial charge in [0.05, 0.1) is 23.2 Å². The van der Waals surface area contributed by atoms with Crippen LogP contribution < -0.4 is 11.0 Å². The zero-order chi connectivity index (χ0) is 21.5. The first-order chi connectivity index (χ1) is 14.5. The fraction of sp³-hybridized carbons (Fsp3) is 0.182. The number of nitrogens with zero attached hydrogens (tertiary/aromatic N) is 3. The van der Waals surface area contributed by atoms with E-state index in [1.165, 1.54) is 10.9 Å². The minimum absolute atomic E-state index is 0.256. The minimum Gasteiger partial charge on any atom is -0.385 e. The van der Waals surface area contributed by atoms with Crippen LogP contribution in [0.5, 0.6) is 0 Å². The molecule has 0 unspecified atom stereocenters. The van der Waals surface area contributed by atoms with Gasteiger partial charge in [0.2, 0.25) is 0 Å². The topological polar surface area (TPSA) is 101 Å². The van der Waals surface area contributed by atoms with E-state index in [0.29, 0.717) is 17.0 Å². The standard InChI is InChI=1S/C22H23N5O3/c1-15-9-11-19(12-10-15)27-22(29)20(17(3)25-27)13-23-24-21(28)14-30-26-16(2)18-7-5-4-6-8-18/h4-13,25H,14H2,1-3H3,(H,24,28)/b23-13+,26-16?. The summed E-state index contributed by atoms with van der Waals surface area (Å²) < 4.78 is 1.43. The molecule has 0 spiro atoms. The van der Waals surface area contributed by atoms with Crippen LogP contribution in [0.3, 0.4) is 0 Å². The van der Waals surface area contributed by atoms with Gasteiger partial charge in [-0.2, -0.15) is 5.10 Å². The molecule has 1 heterocycles. The Balaban J connectivity index is 1.58. The Morgan fingerprint density at radius 3 is 2.53 bits per heavy atom. The fourth-order valence-corrected chi connectivity index (χ4v) is 2.71. The van der Waals surface area contributed by atoms with E-state index in [-0.39, 0.29) is 12.2 Å². The van der Waals surface area contributed by atoms with Crippen LogP contribution in [0.25, 0.3) is 5.69 Å². The lowest BCUT2D eigenvalue weighted by atomic mass is 10.1. The summed E-state index contributed by atoms with van der Waals surface area (Å²) in [6, 6.07) is 17.0. The SMILES string of the molecule is CC(=NOCC(=O)N/N=C/c1c(C)[nH]n(-c2ccc(C)cc2)c1=O)c1ccccc1. The summed E-state index contributed by atoms with van der Waals surface area (Å²) in [5.41, 5.74) is 6.45. The van der Waals surface area contributed by atoms with E-state index in [0.717, 1.165) is 16.8 Å². The number of carbonyl (C=O) groups is 1. The highest BCUT2D eigenvalue weighted by Crippen LogP contribution is 2.08. The van der Waals surface area contributed by atoms with Gasteiger partial charge in [-0.15, -0.1) is 0 Å². The molecule has 8 nitrogen and oxygen atoms in total.